The second-order valence-electron chi connectivity index (χ2n) is 4.50. The van der Waals surface area contributed by atoms with E-state index in [-0.39, 0.29) is 6.04 Å². The van der Waals surface area contributed by atoms with Crippen LogP contribution in [0.4, 0.5) is 0 Å². The molecular formula is C13H20ClNO2S2. The van der Waals surface area contributed by atoms with Crippen molar-refractivity contribution >= 4 is 33.4 Å². The molecule has 3 nitrogen and oxygen atoms in total. The molecule has 1 aromatic rings. The zero-order chi connectivity index (χ0) is 14.6. The van der Waals surface area contributed by atoms with Gasteiger partial charge in [-0.15, -0.1) is 11.6 Å². The number of halogens is 1. The minimum Gasteiger partial charge on any atom is -0.207 e. The van der Waals surface area contributed by atoms with Gasteiger partial charge in [0.2, 0.25) is 10.0 Å². The van der Waals surface area contributed by atoms with Gasteiger partial charge < -0.3 is 0 Å². The van der Waals surface area contributed by atoms with Crippen molar-refractivity contribution in [2.24, 2.45) is 0 Å². The number of alkyl halides is 1. The summed E-state index contributed by atoms with van der Waals surface area (Å²) >= 11 is 7.47. The van der Waals surface area contributed by atoms with Crippen LogP contribution in [-0.4, -0.2) is 37.8 Å². The standard InChI is InChI=1S/C13H20ClNO2S2/c1-10(9-18-4)15(3)19(16,17)13-7-5-6-12(8-14)11(13)2/h5-7,10H,8-9H2,1-4H3. The van der Waals surface area contributed by atoms with Gasteiger partial charge in [-0.1, -0.05) is 12.1 Å². The lowest BCUT2D eigenvalue weighted by Crippen LogP contribution is -2.37. The van der Waals surface area contributed by atoms with Gasteiger partial charge in [-0.05, 0) is 37.3 Å². The van der Waals surface area contributed by atoms with Gasteiger partial charge >= 0.3 is 0 Å². The summed E-state index contributed by atoms with van der Waals surface area (Å²) in [6, 6.07) is 5.19. The average Bonchev–Trinajstić information content (AvgIpc) is 2.38. The Labute approximate surface area is 125 Å². The molecule has 0 aliphatic carbocycles. The predicted molar refractivity (Wildman–Crippen MR) is 83.5 cm³/mol. The first-order valence-corrected chi connectivity index (χ1v) is 9.34. The summed E-state index contributed by atoms with van der Waals surface area (Å²) in [5, 5.41) is 0. The third-order valence-electron chi connectivity index (χ3n) is 3.23. The van der Waals surface area contributed by atoms with Crippen LogP contribution >= 0.6 is 23.4 Å². The number of nitrogens with zero attached hydrogens (tertiary/aromatic N) is 1. The first-order valence-electron chi connectivity index (χ1n) is 5.97. The van der Waals surface area contributed by atoms with E-state index in [4.69, 9.17) is 11.6 Å². The SMILES string of the molecule is CSCC(C)N(C)S(=O)(=O)c1cccc(CCl)c1C. The molecule has 6 heteroatoms. The Bertz CT molecular complexity index is 531. The van der Waals surface area contributed by atoms with Gasteiger partial charge in [0.25, 0.3) is 0 Å². The number of rotatable bonds is 6. The van der Waals surface area contributed by atoms with Crippen LogP contribution in [0.1, 0.15) is 18.1 Å². The lowest BCUT2D eigenvalue weighted by Gasteiger charge is -2.25. The van der Waals surface area contributed by atoms with Gasteiger partial charge in [0.1, 0.15) is 0 Å². The maximum Gasteiger partial charge on any atom is 0.243 e. The van der Waals surface area contributed by atoms with Crippen molar-refractivity contribution in [3.8, 4) is 0 Å². The Morgan fingerprint density at radius 2 is 2.05 bits per heavy atom. The predicted octanol–water partition coefficient (Wildman–Crippen LogP) is 3.11. The molecule has 0 saturated carbocycles. The van der Waals surface area contributed by atoms with E-state index in [2.05, 4.69) is 0 Å². The van der Waals surface area contributed by atoms with Crippen LogP contribution in [0.25, 0.3) is 0 Å². The molecule has 0 amide bonds. The van der Waals surface area contributed by atoms with Gasteiger partial charge in [0, 0.05) is 24.7 Å². The zero-order valence-electron chi connectivity index (χ0n) is 11.7. The Morgan fingerprint density at radius 1 is 1.42 bits per heavy atom. The topological polar surface area (TPSA) is 37.4 Å². The van der Waals surface area contributed by atoms with Crippen LogP contribution < -0.4 is 0 Å². The van der Waals surface area contributed by atoms with Gasteiger partial charge in [-0.2, -0.15) is 16.1 Å². The van der Waals surface area contributed by atoms with Crippen LogP contribution in [0.3, 0.4) is 0 Å². The van der Waals surface area contributed by atoms with Crippen molar-refractivity contribution < 1.29 is 8.42 Å². The maximum atomic E-state index is 12.6. The van der Waals surface area contributed by atoms with Gasteiger partial charge in [0.15, 0.2) is 0 Å². The van der Waals surface area contributed by atoms with E-state index >= 15 is 0 Å². The fourth-order valence-corrected chi connectivity index (χ4v) is 4.54. The van der Waals surface area contributed by atoms with E-state index in [1.54, 1.807) is 37.9 Å². The summed E-state index contributed by atoms with van der Waals surface area (Å²) in [5.74, 6) is 1.09. The van der Waals surface area contributed by atoms with Crippen LogP contribution in [0.5, 0.6) is 0 Å². The van der Waals surface area contributed by atoms with Gasteiger partial charge in [-0.25, -0.2) is 8.42 Å². The van der Waals surface area contributed by atoms with E-state index in [0.29, 0.717) is 10.8 Å². The van der Waals surface area contributed by atoms with Crippen LogP contribution in [0, 0.1) is 6.92 Å². The van der Waals surface area contributed by atoms with E-state index < -0.39 is 10.0 Å². The van der Waals surface area contributed by atoms with Crippen LogP contribution in [0.15, 0.2) is 23.1 Å². The molecule has 0 heterocycles. The van der Waals surface area contributed by atoms with Crippen molar-refractivity contribution in [3.05, 3.63) is 29.3 Å². The molecule has 1 rings (SSSR count). The highest BCUT2D eigenvalue weighted by Crippen LogP contribution is 2.24. The lowest BCUT2D eigenvalue weighted by molar-refractivity contribution is 0.414. The Kier molecular flexibility index (Phi) is 6.17. The van der Waals surface area contributed by atoms with Gasteiger partial charge in [0.05, 0.1) is 4.90 Å². The molecule has 108 valence electrons. The largest absolute Gasteiger partial charge is 0.243 e. The zero-order valence-corrected chi connectivity index (χ0v) is 14.1. The Hall–Kier alpha value is -0.230. The number of sulfonamides is 1. The molecule has 1 unspecified atom stereocenters. The summed E-state index contributed by atoms with van der Waals surface area (Å²) in [7, 11) is -1.83. The lowest BCUT2D eigenvalue weighted by atomic mass is 10.1. The highest BCUT2D eigenvalue weighted by molar-refractivity contribution is 7.98. The van der Waals surface area contributed by atoms with Crippen LogP contribution in [-0.2, 0) is 15.9 Å². The molecule has 1 atom stereocenters. The number of hydrogen-bond acceptors (Lipinski definition) is 3. The Balaban J connectivity index is 3.20. The normalized spacial score (nSPS) is 13.8. The minimum atomic E-state index is -3.46. The van der Waals surface area contributed by atoms with Crippen molar-refractivity contribution in [1.82, 2.24) is 4.31 Å². The third-order valence-corrected chi connectivity index (χ3v) is 6.45. The summed E-state index contributed by atoms with van der Waals surface area (Å²) in [6.07, 6.45) is 1.97. The van der Waals surface area contributed by atoms with Gasteiger partial charge in [-0.3, -0.25) is 0 Å². The molecule has 0 aliphatic heterocycles. The summed E-state index contributed by atoms with van der Waals surface area (Å²) in [6.45, 7) is 3.71. The van der Waals surface area contributed by atoms with Crippen molar-refractivity contribution in [2.45, 2.75) is 30.7 Å². The van der Waals surface area contributed by atoms with Crippen molar-refractivity contribution in [2.75, 3.05) is 19.1 Å². The molecule has 0 spiro atoms. The van der Waals surface area contributed by atoms with E-state index in [1.807, 2.05) is 19.2 Å². The monoisotopic (exact) mass is 321 g/mol. The number of hydrogen-bond donors (Lipinski definition) is 0. The highest BCUT2D eigenvalue weighted by atomic mass is 35.5. The quantitative estimate of drug-likeness (QED) is 0.756. The highest BCUT2D eigenvalue weighted by Gasteiger charge is 2.27. The second-order valence-corrected chi connectivity index (χ2v) is 7.64. The molecule has 0 aromatic heterocycles. The molecular weight excluding hydrogens is 302 g/mol. The van der Waals surface area contributed by atoms with Crippen molar-refractivity contribution in [3.63, 3.8) is 0 Å². The molecule has 0 radical (unpaired) electrons. The molecule has 0 bridgehead atoms. The molecule has 19 heavy (non-hydrogen) atoms. The fourth-order valence-electron chi connectivity index (χ4n) is 1.82. The first-order chi connectivity index (χ1) is 8.86. The number of benzene rings is 1. The van der Waals surface area contributed by atoms with E-state index in [1.165, 1.54) is 4.31 Å². The molecule has 1 aromatic carbocycles. The molecule has 0 saturated heterocycles. The summed E-state index contributed by atoms with van der Waals surface area (Å²) in [4.78, 5) is 0.348. The number of thioether (sulfide) groups is 1. The first kappa shape index (κ1) is 16.8. The minimum absolute atomic E-state index is 0.0425. The van der Waals surface area contributed by atoms with Crippen molar-refractivity contribution in [1.29, 1.82) is 0 Å². The summed E-state index contributed by atoms with van der Waals surface area (Å²) < 4.78 is 26.7. The maximum absolute atomic E-state index is 12.6. The molecule has 0 aliphatic rings. The van der Waals surface area contributed by atoms with E-state index in [0.717, 1.165) is 16.9 Å². The average molecular weight is 322 g/mol. The molecule has 0 N–H and O–H groups in total. The third kappa shape index (κ3) is 3.66. The smallest absolute Gasteiger partial charge is 0.207 e. The van der Waals surface area contributed by atoms with E-state index in [9.17, 15) is 8.42 Å². The second kappa shape index (κ2) is 6.97. The van der Waals surface area contributed by atoms with Crippen LogP contribution in [0.2, 0.25) is 0 Å². The Morgan fingerprint density at radius 3 is 2.58 bits per heavy atom. The fraction of sp³-hybridized carbons (Fsp3) is 0.538. The summed E-state index contributed by atoms with van der Waals surface area (Å²) in [5.41, 5.74) is 1.59. The molecule has 0 fully saturated rings.